The maximum Gasteiger partial charge on any atom is 0.0174 e. The van der Waals surface area contributed by atoms with Crippen LogP contribution in [0.15, 0.2) is 24.3 Å². The molecule has 0 unspecified atom stereocenters. The van der Waals surface area contributed by atoms with Crippen molar-refractivity contribution in [1.29, 1.82) is 0 Å². The Balaban J connectivity index is 3.90. The minimum absolute atomic E-state index is 0.571. The van der Waals surface area contributed by atoms with Gasteiger partial charge in [-0.1, -0.05) is 32.6 Å². The summed E-state index contributed by atoms with van der Waals surface area (Å²) in [7, 11) is 0. The van der Waals surface area contributed by atoms with Gasteiger partial charge in [0.1, 0.15) is 0 Å². The smallest absolute Gasteiger partial charge is 0.0174 e. The molecule has 0 aliphatic heterocycles. The summed E-state index contributed by atoms with van der Waals surface area (Å²) in [6, 6.07) is 0. The molecule has 0 heterocycles. The highest BCUT2D eigenvalue weighted by Gasteiger charge is 1.88. The Morgan fingerprint density at radius 1 is 1.67 bits per heavy atom. The lowest BCUT2D eigenvalue weighted by molar-refractivity contribution is 0.821. The summed E-state index contributed by atoms with van der Waals surface area (Å²) < 4.78 is 0. The monoisotopic (exact) mass is 125 g/mol. The van der Waals surface area contributed by atoms with E-state index < -0.39 is 0 Å². The molecule has 0 aliphatic rings. The van der Waals surface area contributed by atoms with Crippen molar-refractivity contribution in [3.63, 3.8) is 0 Å². The Morgan fingerprint density at radius 2 is 2.22 bits per heavy atom. The van der Waals surface area contributed by atoms with Gasteiger partial charge in [-0.05, 0) is 11.5 Å². The van der Waals surface area contributed by atoms with Gasteiger partial charge in [0, 0.05) is 6.54 Å². The molecule has 0 aliphatic carbocycles. The molecule has 9 heavy (non-hydrogen) atoms. The first-order valence-corrected chi connectivity index (χ1v) is 3.24. The maximum absolute atomic E-state index is 5.39. The van der Waals surface area contributed by atoms with Gasteiger partial charge in [0.2, 0.25) is 0 Å². The number of hydrogen-bond acceptors (Lipinski definition) is 1. The summed E-state index contributed by atoms with van der Waals surface area (Å²) in [6.07, 6.45) is 3.92. The zero-order chi connectivity index (χ0) is 7.28. The van der Waals surface area contributed by atoms with E-state index in [1.54, 1.807) is 6.08 Å². The van der Waals surface area contributed by atoms with Crippen LogP contribution in [0.2, 0.25) is 0 Å². The van der Waals surface area contributed by atoms with Crippen LogP contribution in [0, 0.1) is 5.92 Å². The molecular weight excluding hydrogens is 110 g/mol. The maximum atomic E-state index is 5.39. The minimum atomic E-state index is 0.571. The largest absolute Gasteiger partial charge is 0.327 e. The van der Waals surface area contributed by atoms with E-state index in [1.165, 1.54) is 0 Å². The normalized spacial score (nSPS) is 12.2. The molecule has 0 saturated heterocycles. The molecule has 0 spiro atoms. The van der Waals surface area contributed by atoms with Gasteiger partial charge >= 0.3 is 0 Å². The molecular formula is C8H15N. The summed E-state index contributed by atoms with van der Waals surface area (Å²) >= 11 is 0. The van der Waals surface area contributed by atoms with Crippen LogP contribution in [0.1, 0.15) is 13.8 Å². The molecule has 0 radical (unpaired) electrons. The first-order chi connectivity index (χ1) is 4.20. The van der Waals surface area contributed by atoms with Crippen LogP contribution in [-0.4, -0.2) is 6.54 Å². The topological polar surface area (TPSA) is 26.0 Å². The van der Waals surface area contributed by atoms with Gasteiger partial charge in [0.05, 0.1) is 0 Å². The first kappa shape index (κ1) is 8.44. The molecule has 0 aromatic heterocycles. The fraction of sp³-hybridized carbons (Fsp3) is 0.500. The SMILES string of the molecule is C=CC(=CC(C)C)CN. The molecule has 0 saturated carbocycles. The van der Waals surface area contributed by atoms with Crippen molar-refractivity contribution in [3.05, 3.63) is 24.3 Å². The van der Waals surface area contributed by atoms with E-state index in [9.17, 15) is 0 Å². The quantitative estimate of drug-likeness (QED) is 0.571. The van der Waals surface area contributed by atoms with E-state index in [-0.39, 0.29) is 0 Å². The summed E-state index contributed by atoms with van der Waals surface area (Å²) in [5.41, 5.74) is 6.52. The van der Waals surface area contributed by atoms with E-state index in [2.05, 4.69) is 26.5 Å². The Kier molecular flexibility index (Phi) is 4.06. The lowest BCUT2D eigenvalue weighted by Gasteiger charge is -1.98. The van der Waals surface area contributed by atoms with Gasteiger partial charge in [0.15, 0.2) is 0 Å². The van der Waals surface area contributed by atoms with E-state index in [1.807, 2.05) is 0 Å². The van der Waals surface area contributed by atoms with Crippen LogP contribution >= 0.6 is 0 Å². The molecule has 1 nitrogen and oxygen atoms in total. The number of nitrogens with two attached hydrogens (primary N) is 1. The summed E-state index contributed by atoms with van der Waals surface area (Å²) in [5, 5.41) is 0. The average Bonchev–Trinajstić information content (AvgIpc) is 1.82. The fourth-order valence-corrected chi connectivity index (χ4v) is 0.648. The summed E-state index contributed by atoms with van der Waals surface area (Å²) in [4.78, 5) is 0. The predicted octanol–water partition coefficient (Wildman–Crippen LogP) is 1.71. The van der Waals surface area contributed by atoms with Crippen molar-refractivity contribution >= 4 is 0 Å². The molecule has 0 amide bonds. The van der Waals surface area contributed by atoms with Gasteiger partial charge < -0.3 is 5.73 Å². The zero-order valence-corrected chi connectivity index (χ0v) is 6.22. The molecule has 0 bridgehead atoms. The average molecular weight is 125 g/mol. The lowest BCUT2D eigenvalue weighted by atomic mass is 10.1. The van der Waals surface area contributed by atoms with Gasteiger partial charge in [-0.2, -0.15) is 0 Å². The molecule has 0 fully saturated rings. The molecule has 1 heteroatoms. The first-order valence-electron chi connectivity index (χ1n) is 3.24. The third-order valence-electron chi connectivity index (χ3n) is 1.05. The Hall–Kier alpha value is -0.560. The Labute approximate surface area is 57.3 Å². The van der Waals surface area contributed by atoms with E-state index in [0.29, 0.717) is 12.5 Å². The number of rotatable bonds is 3. The number of allylic oxidation sites excluding steroid dienone is 1. The lowest BCUT2D eigenvalue weighted by Crippen LogP contribution is -2.01. The van der Waals surface area contributed by atoms with Crippen LogP contribution in [0.3, 0.4) is 0 Å². The van der Waals surface area contributed by atoms with Gasteiger partial charge in [-0.3, -0.25) is 0 Å². The zero-order valence-electron chi connectivity index (χ0n) is 6.22. The molecule has 0 rings (SSSR count). The van der Waals surface area contributed by atoms with Crippen LogP contribution in [0.4, 0.5) is 0 Å². The highest BCUT2D eigenvalue weighted by Crippen LogP contribution is 2.00. The fourth-order valence-electron chi connectivity index (χ4n) is 0.648. The second kappa shape index (κ2) is 4.33. The Bertz CT molecular complexity index is 112. The van der Waals surface area contributed by atoms with Crippen LogP contribution in [0.5, 0.6) is 0 Å². The highest BCUT2D eigenvalue weighted by molar-refractivity contribution is 5.17. The second-order valence-corrected chi connectivity index (χ2v) is 2.39. The molecule has 0 aromatic carbocycles. The van der Waals surface area contributed by atoms with Crippen molar-refractivity contribution < 1.29 is 0 Å². The summed E-state index contributed by atoms with van der Waals surface area (Å²) in [5.74, 6) is 0.571. The predicted molar refractivity (Wildman–Crippen MR) is 42.2 cm³/mol. The Morgan fingerprint density at radius 3 is 2.33 bits per heavy atom. The molecule has 2 N–H and O–H groups in total. The van der Waals surface area contributed by atoms with Crippen LogP contribution in [-0.2, 0) is 0 Å². The molecule has 52 valence electrons. The van der Waals surface area contributed by atoms with Gasteiger partial charge in [-0.15, -0.1) is 0 Å². The van der Waals surface area contributed by atoms with Crippen LogP contribution in [0.25, 0.3) is 0 Å². The van der Waals surface area contributed by atoms with Gasteiger partial charge in [-0.25, -0.2) is 0 Å². The van der Waals surface area contributed by atoms with Crippen molar-refractivity contribution in [2.75, 3.05) is 6.54 Å². The third-order valence-corrected chi connectivity index (χ3v) is 1.05. The van der Waals surface area contributed by atoms with Crippen LogP contribution < -0.4 is 5.73 Å². The van der Waals surface area contributed by atoms with Crippen molar-refractivity contribution in [3.8, 4) is 0 Å². The van der Waals surface area contributed by atoms with Gasteiger partial charge in [0.25, 0.3) is 0 Å². The van der Waals surface area contributed by atoms with Crippen molar-refractivity contribution in [1.82, 2.24) is 0 Å². The molecule has 0 atom stereocenters. The minimum Gasteiger partial charge on any atom is -0.327 e. The van der Waals surface area contributed by atoms with E-state index in [0.717, 1.165) is 5.57 Å². The number of hydrogen-bond donors (Lipinski definition) is 1. The molecule has 0 aromatic rings. The van der Waals surface area contributed by atoms with Crippen molar-refractivity contribution in [2.45, 2.75) is 13.8 Å². The van der Waals surface area contributed by atoms with Crippen molar-refractivity contribution in [2.24, 2.45) is 11.7 Å². The third kappa shape index (κ3) is 3.98. The van der Waals surface area contributed by atoms with E-state index >= 15 is 0 Å². The highest BCUT2D eigenvalue weighted by atomic mass is 14.5. The standard InChI is InChI=1S/C8H15N/c1-4-8(6-9)5-7(2)3/h4-5,7H,1,6,9H2,2-3H3. The van der Waals surface area contributed by atoms with E-state index in [4.69, 9.17) is 5.73 Å². The second-order valence-electron chi connectivity index (χ2n) is 2.39. The summed E-state index contributed by atoms with van der Waals surface area (Å²) in [6.45, 7) is 8.48.